The van der Waals surface area contributed by atoms with Crippen molar-refractivity contribution in [1.29, 1.82) is 0 Å². The van der Waals surface area contributed by atoms with E-state index >= 15 is 0 Å². The van der Waals surface area contributed by atoms with Crippen molar-refractivity contribution in [2.75, 3.05) is 12.4 Å². The van der Waals surface area contributed by atoms with E-state index in [2.05, 4.69) is 25.6 Å². The highest BCUT2D eigenvalue weighted by molar-refractivity contribution is 6.29. The summed E-state index contributed by atoms with van der Waals surface area (Å²) in [6.07, 6.45) is -0.354. The fourth-order valence-corrected chi connectivity index (χ4v) is 3.08. The largest absolute Gasteiger partial charge is 0.441 e. The Hall–Kier alpha value is -4.43. The van der Waals surface area contributed by atoms with E-state index in [1.54, 1.807) is 0 Å². The van der Waals surface area contributed by atoms with E-state index in [0.717, 1.165) is 11.1 Å². The molecule has 0 radical (unpaired) electrons. The minimum atomic E-state index is -1.20. The summed E-state index contributed by atoms with van der Waals surface area (Å²) in [7, 11) is 1.37. The SMILES string of the molecule is C[C@@H](OC(=O)N/C(=C(/N)c1ccc(NC(=O)c2ccc(Cl)nc2F)cn1)N(C)N)c1cc(F)cnc1F. The number of pyridine rings is 3. The first-order chi connectivity index (χ1) is 17.5. The van der Waals surface area contributed by atoms with Crippen LogP contribution in [0, 0.1) is 17.7 Å². The van der Waals surface area contributed by atoms with Gasteiger partial charge in [-0.15, -0.1) is 0 Å². The lowest BCUT2D eigenvalue weighted by atomic mass is 10.2. The molecule has 0 saturated carbocycles. The number of rotatable bonds is 7. The maximum atomic E-state index is 13.9. The van der Waals surface area contributed by atoms with Crippen molar-refractivity contribution in [2.45, 2.75) is 13.0 Å². The summed E-state index contributed by atoms with van der Waals surface area (Å²) < 4.78 is 46.2. The first-order valence-corrected chi connectivity index (χ1v) is 10.7. The predicted octanol–water partition coefficient (Wildman–Crippen LogP) is 3.07. The van der Waals surface area contributed by atoms with Crippen LogP contribution in [0.25, 0.3) is 5.70 Å². The van der Waals surface area contributed by atoms with Gasteiger partial charge in [0, 0.05) is 7.05 Å². The molecule has 0 aliphatic rings. The van der Waals surface area contributed by atoms with Gasteiger partial charge in [-0.3, -0.25) is 20.1 Å². The van der Waals surface area contributed by atoms with Gasteiger partial charge >= 0.3 is 6.09 Å². The summed E-state index contributed by atoms with van der Waals surface area (Å²) in [5, 5.41) is 5.63. The molecule has 0 aliphatic heterocycles. The number of aromatic nitrogens is 3. The van der Waals surface area contributed by atoms with Crippen LogP contribution < -0.4 is 22.2 Å². The standard InChI is InChI=1S/C22H20ClF3N8O3/c1-10(14-7-11(24)8-30-18(14)25)37-22(36)33-20(34(2)28)17(27)15-5-3-12(9-29-15)31-21(35)13-4-6-16(23)32-19(13)26/h3-10H,27-28H2,1-2H3,(H,31,35)(H,33,36)/b20-17-/t10-/m1/s1. The Kier molecular flexibility index (Phi) is 8.47. The van der Waals surface area contributed by atoms with Gasteiger partial charge in [-0.1, -0.05) is 11.6 Å². The minimum absolute atomic E-state index is 0.0981. The summed E-state index contributed by atoms with van der Waals surface area (Å²) in [6, 6.07) is 6.11. The molecule has 37 heavy (non-hydrogen) atoms. The van der Waals surface area contributed by atoms with Gasteiger partial charge in [0.2, 0.25) is 11.9 Å². The predicted molar refractivity (Wildman–Crippen MR) is 127 cm³/mol. The number of hydrogen-bond donors (Lipinski definition) is 4. The Bertz CT molecular complexity index is 1360. The molecule has 0 saturated heterocycles. The second kappa shape index (κ2) is 11.5. The number of alkyl carbamates (subject to hydrolysis) is 1. The molecule has 0 fully saturated rings. The maximum Gasteiger partial charge on any atom is 0.413 e. The smallest absolute Gasteiger partial charge is 0.413 e. The van der Waals surface area contributed by atoms with Crippen molar-refractivity contribution in [2.24, 2.45) is 11.6 Å². The summed E-state index contributed by atoms with van der Waals surface area (Å²) in [5.41, 5.74) is 5.73. The van der Waals surface area contributed by atoms with Gasteiger partial charge in [0.1, 0.15) is 22.8 Å². The Morgan fingerprint density at radius 3 is 2.46 bits per heavy atom. The summed E-state index contributed by atoms with van der Waals surface area (Å²) in [6.45, 7) is 1.32. The van der Waals surface area contributed by atoms with Gasteiger partial charge in [-0.25, -0.2) is 25.0 Å². The number of nitrogens with zero attached hydrogens (tertiary/aromatic N) is 4. The van der Waals surface area contributed by atoms with Crippen LogP contribution in [0.15, 0.2) is 48.5 Å². The lowest BCUT2D eigenvalue weighted by molar-refractivity contribution is 0.101. The van der Waals surface area contributed by atoms with E-state index in [9.17, 15) is 22.8 Å². The number of hydrazine groups is 1. The highest BCUT2D eigenvalue weighted by atomic mass is 35.5. The lowest BCUT2D eigenvalue weighted by Gasteiger charge is -2.21. The number of carbonyl (C=O) groups excluding carboxylic acids is 2. The molecule has 0 aliphatic carbocycles. The van der Waals surface area contributed by atoms with Crippen molar-refractivity contribution >= 4 is 35.0 Å². The summed E-state index contributed by atoms with van der Waals surface area (Å²) in [5.74, 6) is 2.00. The Labute approximate surface area is 213 Å². The number of carbonyl (C=O) groups is 2. The molecule has 0 bridgehead atoms. The zero-order valence-corrected chi connectivity index (χ0v) is 20.1. The Balaban J connectivity index is 1.73. The van der Waals surface area contributed by atoms with Crippen molar-refractivity contribution in [3.63, 3.8) is 0 Å². The molecule has 2 amide bonds. The molecule has 1 atom stereocenters. The molecule has 6 N–H and O–H groups in total. The van der Waals surface area contributed by atoms with Gasteiger partial charge in [-0.05, 0) is 37.3 Å². The third-order valence-electron chi connectivity index (χ3n) is 4.74. The second-order valence-corrected chi connectivity index (χ2v) is 7.83. The fourth-order valence-electron chi connectivity index (χ4n) is 2.95. The topological polar surface area (TPSA) is 161 Å². The van der Waals surface area contributed by atoms with Crippen LogP contribution in [0.2, 0.25) is 5.15 Å². The van der Waals surface area contributed by atoms with Crippen molar-refractivity contribution in [3.8, 4) is 0 Å². The molecule has 15 heteroatoms. The van der Waals surface area contributed by atoms with E-state index in [-0.39, 0.29) is 39.2 Å². The Morgan fingerprint density at radius 1 is 1.11 bits per heavy atom. The van der Waals surface area contributed by atoms with Crippen LogP contribution >= 0.6 is 11.6 Å². The molecular formula is C22H20ClF3N8O3. The highest BCUT2D eigenvalue weighted by Gasteiger charge is 2.21. The zero-order valence-electron chi connectivity index (χ0n) is 19.3. The fraction of sp³-hybridized carbons (Fsp3) is 0.136. The van der Waals surface area contributed by atoms with Crippen molar-refractivity contribution in [3.05, 3.63) is 88.2 Å². The lowest BCUT2D eigenvalue weighted by Crippen LogP contribution is -2.39. The molecule has 0 spiro atoms. The zero-order chi connectivity index (χ0) is 27.3. The molecule has 3 rings (SSSR count). The first-order valence-electron chi connectivity index (χ1n) is 10.3. The van der Waals surface area contributed by atoms with Gasteiger partial charge < -0.3 is 15.8 Å². The molecule has 0 unspecified atom stereocenters. The third-order valence-corrected chi connectivity index (χ3v) is 4.95. The van der Waals surface area contributed by atoms with Crippen LogP contribution in [0.3, 0.4) is 0 Å². The van der Waals surface area contributed by atoms with Crippen molar-refractivity contribution in [1.82, 2.24) is 25.3 Å². The molecule has 194 valence electrons. The Morgan fingerprint density at radius 2 is 1.84 bits per heavy atom. The second-order valence-electron chi connectivity index (χ2n) is 7.44. The number of hydrogen-bond acceptors (Lipinski definition) is 9. The van der Waals surface area contributed by atoms with Gasteiger partial charge in [0.25, 0.3) is 5.91 Å². The first kappa shape index (κ1) is 27.2. The molecular weight excluding hydrogens is 517 g/mol. The number of anilines is 1. The minimum Gasteiger partial charge on any atom is -0.441 e. The summed E-state index contributed by atoms with van der Waals surface area (Å²) >= 11 is 5.59. The summed E-state index contributed by atoms with van der Waals surface area (Å²) in [4.78, 5) is 35.4. The number of amides is 2. The van der Waals surface area contributed by atoms with Gasteiger partial charge in [0.05, 0.1) is 34.9 Å². The van der Waals surface area contributed by atoms with Crippen LogP contribution in [-0.4, -0.2) is 39.0 Å². The van der Waals surface area contributed by atoms with Gasteiger partial charge in [-0.2, -0.15) is 8.78 Å². The van der Waals surface area contributed by atoms with E-state index in [4.69, 9.17) is 27.9 Å². The van der Waals surface area contributed by atoms with Crippen LogP contribution in [-0.2, 0) is 4.74 Å². The number of nitrogens with one attached hydrogen (secondary N) is 2. The van der Waals surface area contributed by atoms with Gasteiger partial charge in [0.15, 0.2) is 5.82 Å². The normalized spacial score (nSPS) is 12.3. The van der Waals surface area contributed by atoms with E-state index in [0.29, 0.717) is 6.20 Å². The van der Waals surface area contributed by atoms with E-state index in [1.165, 1.54) is 44.4 Å². The van der Waals surface area contributed by atoms with E-state index in [1.807, 2.05) is 0 Å². The molecule has 3 aromatic rings. The average molecular weight is 537 g/mol. The molecule has 0 aromatic carbocycles. The van der Waals surface area contributed by atoms with Crippen LogP contribution in [0.5, 0.6) is 0 Å². The number of ether oxygens (including phenoxy) is 1. The number of nitrogens with two attached hydrogens (primary N) is 2. The molecule has 11 nitrogen and oxygen atoms in total. The quantitative estimate of drug-likeness (QED) is 0.202. The monoisotopic (exact) mass is 536 g/mol. The van der Waals surface area contributed by atoms with Crippen LogP contribution in [0.1, 0.15) is 34.6 Å². The highest BCUT2D eigenvalue weighted by Crippen LogP contribution is 2.21. The third kappa shape index (κ3) is 6.83. The van der Waals surface area contributed by atoms with Crippen molar-refractivity contribution < 1.29 is 27.5 Å². The maximum absolute atomic E-state index is 13.9. The average Bonchev–Trinajstić information content (AvgIpc) is 2.83. The molecule has 3 aromatic heterocycles. The van der Waals surface area contributed by atoms with E-state index < -0.39 is 35.8 Å². The van der Waals surface area contributed by atoms with Crippen LogP contribution in [0.4, 0.5) is 23.7 Å². The molecule has 3 heterocycles. The number of halogens is 4.